The van der Waals surface area contributed by atoms with Crippen molar-refractivity contribution >= 4 is 17.9 Å². The number of carbonyl (C=O) groups excluding carboxylic acids is 2. The van der Waals surface area contributed by atoms with E-state index in [1.165, 1.54) is 22.3 Å². The first-order chi connectivity index (χ1) is 20.0. The van der Waals surface area contributed by atoms with Crippen molar-refractivity contribution in [3.63, 3.8) is 0 Å². The zero-order chi connectivity index (χ0) is 28.5. The molecule has 0 saturated carbocycles. The molecule has 218 valence electrons. The van der Waals surface area contributed by atoms with Crippen LogP contribution in [0.5, 0.6) is 0 Å². The summed E-state index contributed by atoms with van der Waals surface area (Å²) in [4.78, 5) is 31.7. The zero-order valence-electron chi connectivity index (χ0n) is 24.3. The zero-order valence-corrected chi connectivity index (χ0v) is 24.3. The van der Waals surface area contributed by atoms with Crippen LogP contribution in [0.25, 0.3) is 6.08 Å². The van der Waals surface area contributed by atoms with Gasteiger partial charge in [-0.2, -0.15) is 0 Å². The predicted molar refractivity (Wildman–Crippen MR) is 156 cm³/mol. The van der Waals surface area contributed by atoms with Crippen molar-refractivity contribution in [2.75, 3.05) is 19.7 Å². The third kappa shape index (κ3) is 5.60. The number of furan rings is 1. The second-order valence-electron chi connectivity index (χ2n) is 12.2. The van der Waals surface area contributed by atoms with Crippen molar-refractivity contribution in [2.45, 2.75) is 77.7 Å². The Labute approximate surface area is 242 Å². The minimum atomic E-state index is -0.283. The molecule has 0 radical (unpaired) electrons. The van der Waals surface area contributed by atoms with Crippen LogP contribution in [0, 0.1) is 17.8 Å². The summed E-state index contributed by atoms with van der Waals surface area (Å²) in [5.41, 5.74) is 5.07. The molecule has 4 heterocycles. The van der Waals surface area contributed by atoms with E-state index in [1.807, 2.05) is 12.1 Å². The number of benzene rings is 1. The number of nitrogens with zero attached hydrogens (tertiary/aromatic N) is 2. The van der Waals surface area contributed by atoms with Gasteiger partial charge in [0.2, 0.25) is 11.8 Å². The molecule has 1 N–H and O–H groups in total. The molecule has 4 aliphatic rings. The van der Waals surface area contributed by atoms with Gasteiger partial charge in [-0.3, -0.25) is 19.4 Å². The summed E-state index contributed by atoms with van der Waals surface area (Å²) in [7, 11) is 0. The van der Waals surface area contributed by atoms with Gasteiger partial charge in [0.25, 0.3) is 0 Å². The quantitative estimate of drug-likeness (QED) is 0.330. The van der Waals surface area contributed by atoms with E-state index in [-0.39, 0.29) is 48.3 Å². The van der Waals surface area contributed by atoms with Crippen LogP contribution in [0.2, 0.25) is 0 Å². The molecule has 2 aromatic rings. The normalized spacial score (nSPS) is 27.6. The predicted octanol–water partition coefficient (Wildman–Crippen LogP) is 5.35. The second kappa shape index (κ2) is 12.1. The smallest absolute Gasteiger partial charge is 0.234 e. The molecule has 4 atom stereocenters. The summed E-state index contributed by atoms with van der Waals surface area (Å²) in [5, 5.41) is 9.29. The average molecular weight is 559 g/mol. The number of allylic oxidation sites excluding steroid dienone is 2. The summed E-state index contributed by atoms with van der Waals surface area (Å²) in [6.45, 7) is 7.40. The monoisotopic (exact) mass is 558 g/mol. The van der Waals surface area contributed by atoms with Gasteiger partial charge in [0.15, 0.2) is 0 Å². The van der Waals surface area contributed by atoms with Crippen LogP contribution in [0.3, 0.4) is 0 Å². The van der Waals surface area contributed by atoms with Crippen molar-refractivity contribution < 1.29 is 23.8 Å². The lowest BCUT2D eigenvalue weighted by Gasteiger charge is -2.36. The van der Waals surface area contributed by atoms with Gasteiger partial charge in [-0.15, -0.1) is 0 Å². The van der Waals surface area contributed by atoms with Crippen LogP contribution in [0.4, 0.5) is 0 Å². The number of hydrogen-bond acceptors (Lipinski definition) is 6. The van der Waals surface area contributed by atoms with Crippen LogP contribution >= 0.6 is 0 Å². The van der Waals surface area contributed by atoms with Crippen molar-refractivity contribution in [3.05, 3.63) is 76.3 Å². The Hall–Kier alpha value is -3.00. The number of amides is 2. The molecule has 7 heteroatoms. The van der Waals surface area contributed by atoms with Gasteiger partial charge in [0.05, 0.1) is 24.5 Å². The molecule has 3 fully saturated rings. The standard InChI is InChI=1S/C34H42N2O5/c1-3-23(18-26-10-11-27(20-37)41-26)9-12-30-31-22(2)17-28-32(29(31)21-40-30)34(39)36(33(28)38)25-13-15-35(16-14-25)19-24-7-5-4-6-8-24/h4-8,10-11,18,25,28-30,32,37H,3,9,12-17,19-21H2,1-2H3/b23-18+/t28-,29+,30-,32-/m1/s1. The molecule has 0 spiro atoms. The van der Waals surface area contributed by atoms with Gasteiger partial charge < -0.3 is 14.3 Å². The number of piperidine rings is 1. The van der Waals surface area contributed by atoms with Crippen LogP contribution < -0.4 is 0 Å². The lowest BCUT2D eigenvalue weighted by Crippen LogP contribution is -2.47. The van der Waals surface area contributed by atoms with Crippen LogP contribution in [-0.4, -0.2) is 58.6 Å². The van der Waals surface area contributed by atoms with E-state index >= 15 is 0 Å². The van der Waals surface area contributed by atoms with Crippen molar-refractivity contribution in [1.29, 1.82) is 0 Å². The van der Waals surface area contributed by atoms with Crippen molar-refractivity contribution in [3.8, 4) is 0 Å². The van der Waals surface area contributed by atoms with E-state index in [0.717, 1.165) is 57.5 Å². The summed E-state index contributed by atoms with van der Waals surface area (Å²) >= 11 is 0. The first kappa shape index (κ1) is 28.1. The van der Waals surface area contributed by atoms with E-state index in [2.05, 4.69) is 49.1 Å². The summed E-state index contributed by atoms with van der Waals surface area (Å²) < 4.78 is 12.0. The molecule has 1 aliphatic carbocycles. The number of fused-ring (bicyclic) bond motifs is 3. The number of likely N-dealkylation sites (tertiary alicyclic amines) is 2. The van der Waals surface area contributed by atoms with Gasteiger partial charge in [0, 0.05) is 31.6 Å². The Morgan fingerprint density at radius 1 is 1.05 bits per heavy atom. The van der Waals surface area contributed by atoms with Gasteiger partial charge in [-0.1, -0.05) is 48.4 Å². The topological polar surface area (TPSA) is 83.2 Å². The number of aliphatic hydroxyl groups is 1. The molecule has 41 heavy (non-hydrogen) atoms. The largest absolute Gasteiger partial charge is 0.459 e. The van der Waals surface area contributed by atoms with E-state index in [4.69, 9.17) is 9.15 Å². The fourth-order valence-corrected chi connectivity index (χ4v) is 7.62. The summed E-state index contributed by atoms with van der Waals surface area (Å²) in [6.07, 6.45) is 7.01. The SMILES string of the molecule is CC/C(=C\c1ccc(CO)o1)CC[C@H]1OC[C@H]2C1=C(C)C[C@H]1C(=O)N(C3CCN(Cc4ccccc4)CC3)C(=O)[C@H]12. The molecule has 3 saturated heterocycles. The maximum Gasteiger partial charge on any atom is 0.234 e. The number of carbonyl (C=O) groups is 2. The van der Waals surface area contributed by atoms with Gasteiger partial charge in [-0.25, -0.2) is 0 Å². The van der Waals surface area contributed by atoms with Crippen molar-refractivity contribution in [1.82, 2.24) is 9.80 Å². The number of ether oxygens (including phenoxy) is 1. The van der Waals surface area contributed by atoms with Gasteiger partial charge >= 0.3 is 0 Å². The molecular weight excluding hydrogens is 516 g/mol. The molecular formula is C34H42N2O5. The highest BCUT2D eigenvalue weighted by molar-refractivity contribution is 6.06. The Morgan fingerprint density at radius 3 is 2.54 bits per heavy atom. The highest BCUT2D eigenvalue weighted by atomic mass is 16.5. The number of rotatable bonds is 9. The third-order valence-electron chi connectivity index (χ3n) is 9.72. The third-order valence-corrected chi connectivity index (χ3v) is 9.72. The maximum absolute atomic E-state index is 13.9. The van der Waals surface area contributed by atoms with E-state index < -0.39 is 0 Å². The Bertz CT molecular complexity index is 1320. The van der Waals surface area contributed by atoms with Gasteiger partial charge in [-0.05, 0) is 74.8 Å². The lowest BCUT2D eigenvalue weighted by atomic mass is 9.70. The molecule has 6 rings (SSSR count). The second-order valence-corrected chi connectivity index (χ2v) is 12.2. The first-order valence-electron chi connectivity index (χ1n) is 15.3. The Balaban J connectivity index is 1.09. The van der Waals surface area contributed by atoms with Crippen LogP contribution in [0.1, 0.15) is 69.5 Å². The molecule has 1 aromatic carbocycles. The molecule has 0 unspecified atom stereocenters. The minimum Gasteiger partial charge on any atom is -0.459 e. The molecule has 0 bridgehead atoms. The molecule has 7 nitrogen and oxygen atoms in total. The number of hydrogen-bond donors (Lipinski definition) is 1. The molecule has 3 aliphatic heterocycles. The van der Waals surface area contributed by atoms with E-state index in [9.17, 15) is 14.7 Å². The van der Waals surface area contributed by atoms with Crippen LogP contribution in [-0.2, 0) is 27.5 Å². The van der Waals surface area contributed by atoms with E-state index in [0.29, 0.717) is 18.8 Å². The van der Waals surface area contributed by atoms with Crippen molar-refractivity contribution in [2.24, 2.45) is 17.8 Å². The van der Waals surface area contributed by atoms with E-state index in [1.54, 1.807) is 11.0 Å². The summed E-state index contributed by atoms with van der Waals surface area (Å²) in [5.74, 6) is 0.876. The fourth-order valence-electron chi connectivity index (χ4n) is 7.62. The van der Waals surface area contributed by atoms with Gasteiger partial charge in [0.1, 0.15) is 18.1 Å². The maximum atomic E-state index is 13.9. The Morgan fingerprint density at radius 2 is 1.83 bits per heavy atom. The Kier molecular flexibility index (Phi) is 8.29. The highest BCUT2D eigenvalue weighted by Crippen LogP contribution is 2.50. The number of imide groups is 1. The minimum absolute atomic E-state index is 0.000280. The lowest BCUT2D eigenvalue weighted by molar-refractivity contribution is -0.144. The first-order valence-corrected chi connectivity index (χ1v) is 15.3. The average Bonchev–Trinajstić information content (AvgIpc) is 3.69. The highest BCUT2D eigenvalue weighted by Gasteiger charge is 2.57. The molecule has 2 amide bonds. The van der Waals surface area contributed by atoms with Crippen LogP contribution in [0.15, 0.2) is 63.6 Å². The number of aliphatic hydroxyl groups excluding tert-OH is 1. The summed E-state index contributed by atoms with van der Waals surface area (Å²) in [6, 6.07) is 14.2. The fraction of sp³-hybridized carbons (Fsp3) is 0.529. The molecule has 1 aromatic heterocycles.